The van der Waals surface area contributed by atoms with Gasteiger partial charge in [0.1, 0.15) is 17.3 Å². The molecule has 1 fully saturated rings. The smallest absolute Gasteiger partial charge is 0.248 e. The van der Waals surface area contributed by atoms with E-state index in [4.69, 9.17) is 14.5 Å². The van der Waals surface area contributed by atoms with Crippen LogP contribution in [0.1, 0.15) is 18.1 Å². The van der Waals surface area contributed by atoms with Crippen LogP contribution in [-0.2, 0) is 4.79 Å². The third-order valence-electron chi connectivity index (χ3n) is 6.26. The molecular weight excluding hydrogens is 428 g/mol. The number of anilines is 2. The highest BCUT2D eigenvalue weighted by atomic mass is 16.5. The van der Waals surface area contributed by atoms with E-state index in [1.54, 1.807) is 20.3 Å². The van der Waals surface area contributed by atoms with E-state index < -0.39 is 0 Å². The number of aromatic nitrogens is 1. The fraction of sp³-hybridized carbons (Fsp3) is 0.333. The van der Waals surface area contributed by atoms with Crippen LogP contribution >= 0.6 is 0 Å². The lowest BCUT2D eigenvalue weighted by molar-refractivity contribution is -0.111. The number of pyridine rings is 1. The maximum absolute atomic E-state index is 12.6. The molecule has 4 rings (SSSR count). The molecule has 7 nitrogen and oxygen atoms in total. The molecule has 1 aliphatic rings. The van der Waals surface area contributed by atoms with Gasteiger partial charge in [-0.25, -0.2) is 4.98 Å². The molecule has 2 aromatic carbocycles. The monoisotopic (exact) mass is 460 g/mol. The Morgan fingerprint density at radius 1 is 1.06 bits per heavy atom. The number of carbonyl (C=O) groups is 1. The summed E-state index contributed by atoms with van der Waals surface area (Å²) in [6, 6.07) is 13.4. The number of aryl methyl sites for hydroxylation is 1. The number of piperazine rings is 1. The van der Waals surface area contributed by atoms with Crippen LogP contribution in [0.2, 0.25) is 0 Å². The number of benzene rings is 2. The van der Waals surface area contributed by atoms with Crippen molar-refractivity contribution >= 4 is 34.4 Å². The summed E-state index contributed by atoms with van der Waals surface area (Å²) in [7, 11) is 3.20. The number of hydrogen-bond acceptors (Lipinski definition) is 6. The molecule has 0 bridgehead atoms. The molecule has 1 aliphatic heterocycles. The SMILES string of the molecule is CCN1CCN(c2cc(C)c3cc(NC(=O)C=Cc4cc(OC)ccc4OC)ccc3n2)CC1. The Morgan fingerprint density at radius 3 is 2.56 bits per heavy atom. The molecule has 1 N–H and O–H groups in total. The largest absolute Gasteiger partial charge is 0.497 e. The zero-order chi connectivity index (χ0) is 24.1. The first-order valence-corrected chi connectivity index (χ1v) is 11.6. The molecule has 7 heteroatoms. The van der Waals surface area contributed by atoms with Crippen LogP contribution in [-0.4, -0.2) is 62.7 Å². The number of methoxy groups -OCH3 is 2. The minimum Gasteiger partial charge on any atom is -0.497 e. The Bertz CT molecular complexity index is 1200. The highest BCUT2D eigenvalue weighted by molar-refractivity contribution is 6.03. The Kier molecular flexibility index (Phi) is 7.33. The molecular formula is C27H32N4O3. The van der Waals surface area contributed by atoms with Gasteiger partial charge in [0.25, 0.3) is 0 Å². The predicted octanol–water partition coefficient (Wildman–Crippen LogP) is 4.35. The predicted molar refractivity (Wildman–Crippen MR) is 138 cm³/mol. The molecule has 178 valence electrons. The van der Waals surface area contributed by atoms with Crippen molar-refractivity contribution in [2.24, 2.45) is 0 Å². The average Bonchev–Trinajstić information content (AvgIpc) is 2.87. The maximum Gasteiger partial charge on any atom is 0.248 e. The minimum absolute atomic E-state index is 0.222. The van der Waals surface area contributed by atoms with E-state index in [0.29, 0.717) is 11.5 Å². The van der Waals surface area contributed by atoms with Gasteiger partial charge >= 0.3 is 0 Å². The Balaban J connectivity index is 1.48. The van der Waals surface area contributed by atoms with Gasteiger partial charge in [0.05, 0.1) is 19.7 Å². The van der Waals surface area contributed by atoms with Crippen molar-refractivity contribution in [1.29, 1.82) is 0 Å². The van der Waals surface area contributed by atoms with Crippen molar-refractivity contribution in [3.05, 3.63) is 59.7 Å². The topological polar surface area (TPSA) is 66.9 Å². The minimum atomic E-state index is -0.222. The highest BCUT2D eigenvalue weighted by Crippen LogP contribution is 2.27. The second-order valence-electron chi connectivity index (χ2n) is 8.38. The van der Waals surface area contributed by atoms with Crippen molar-refractivity contribution in [3.8, 4) is 11.5 Å². The van der Waals surface area contributed by atoms with E-state index in [9.17, 15) is 4.79 Å². The number of likely N-dealkylation sites (N-methyl/N-ethyl adjacent to an activating group) is 1. The molecule has 34 heavy (non-hydrogen) atoms. The summed E-state index contributed by atoms with van der Waals surface area (Å²) in [5, 5.41) is 3.98. The zero-order valence-corrected chi connectivity index (χ0v) is 20.3. The van der Waals surface area contributed by atoms with E-state index in [2.05, 4.69) is 35.0 Å². The van der Waals surface area contributed by atoms with Gasteiger partial charge in [0.2, 0.25) is 5.91 Å². The van der Waals surface area contributed by atoms with E-state index in [-0.39, 0.29) is 5.91 Å². The number of rotatable bonds is 7. The van der Waals surface area contributed by atoms with Gasteiger partial charge in [0, 0.05) is 48.9 Å². The van der Waals surface area contributed by atoms with Gasteiger partial charge < -0.3 is 24.6 Å². The molecule has 2 heterocycles. The number of nitrogens with one attached hydrogen (secondary N) is 1. The van der Waals surface area contributed by atoms with Gasteiger partial charge in [-0.3, -0.25) is 4.79 Å². The second-order valence-corrected chi connectivity index (χ2v) is 8.38. The van der Waals surface area contributed by atoms with Crippen LogP contribution in [0.5, 0.6) is 11.5 Å². The van der Waals surface area contributed by atoms with Crippen LogP contribution in [0.4, 0.5) is 11.5 Å². The van der Waals surface area contributed by atoms with Crippen molar-refractivity contribution in [2.45, 2.75) is 13.8 Å². The molecule has 1 saturated heterocycles. The lowest BCUT2D eigenvalue weighted by atomic mass is 10.1. The quantitative estimate of drug-likeness (QED) is 0.529. The number of nitrogens with zero attached hydrogens (tertiary/aromatic N) is 3. The second kappa shape index (κ2) is 10.6. The average molecular weight is 461 g/mol. The van der Waals surface area contributed by atoms with Crippen LogP contribution in [0, 0.1) is 6.92 Å². The molecule has 0 aliphatic carbocycles. The van der Waals surface area contributed by atoms with Crippen molar-refractivity contribution in [1.82, 2.24) is 9.88 Å². The van der Waals surface area contributed by atoms with Crippen LogP contribution < -0.4 is 19.7 Å². The molecule has 0 spiro atoms. The molecule has 0 radical (unpaired) electrons. The molecule has 3 aromatic rings. The van der Waals surface area contributed by atoms with E-state index in [1.165, 1.54) is 6.08 Å². The normalized spacial score (nSPS) is 14.5. The standard InChI is InChI=1S/C27H32N4O3/c1-5-30-12-14-31(15-13-30)26-16-19(2)23-18-21(7-9-24(23)29-26)28-27(32)11-6-20-17-22(33-3)8-10-25(20)34-4/h6-11,16-18H,5,12-15H2,1-4H3,(H,28,32). The number of amides is 1. The fourth-order valence-corrected chi connectivity index (χ4v) is 4.23. The number of ether oxygens (including phenoxy) is 2. The van der Waals surface area contributed by atoms with Crippen LogP contribution in [0.25, 0.3) is 17.0 Å². The fourth-order valence-electron chi connectivity index (χ4n) is 4.23. The number of fused-ring (bicyclic) bond motifs is 1. The molecule has 0 unspecified atom stereocenters. The third-order valence-corrected chi connectivity index (χ3v) is 6.26. The van der Waals surface area contributed by atoms with E-state index >= 15 is 0 Å². The molecule has 0 atom stereocenters. The van der Waals surface area contributed by atoms with Gasteiger partial charge in [-0.2, -0.15) is 0 Å². The number of hydrogen-bond donors (Lipinski definition) is 1. The summed E-state index contributed by atoms with van der Waals surface area (Å²) in [6.45, 7) is 9.50. The summed E-state index contributed by atoms with van der Waals surface area (Å²) < 4.78 is 10.6. The maximum atomic E-state index is 12.6. The summed E-state index contributed by atoms with van der Waals surface area (Å²) in [5.74, 6) is 2.17. The van der Waals surface area contributed by atoms with Crippen LogP contribution in [0.15, 0.2) is 48.5 Å². The summed E-state index contributed by atoms with van der Waals surface area (Å²) in [4.78, 5) is 22.3. The highest BCUT2D eigenvalue weighted by Gasteiger charge is 2.18. The van der Waals surface area contributed by atoms with Gasteiger partial charge in [0.15, 0.2) is 0 Å². The Hall–Kier alpha value is -3.58. The van der Waals surface area contributed by atoms with E-state index in [1.807, 2.05) is 36.4 Å². The molecule has 1 amide bonds. The summed E-state index contributed by atoms with van der Waals surface area (Å²) in [5.41, 5.74) is 3.57. The first-order chi connectivity index (χ1) is 16.5. The van der Waals surface area contributed by atoms with Gasteiger partial charge in [-0.15, -0.1) is 0 Å². The summed E-state index contributed by atoms with van der Waals surface area (Å²) >= 11 is 0. The van der Waals surface area contributed by atoms with Crippen molar-refractivity contribution in [3.63, 3.8) is 0 Å². The molecule has 0 saturated carbocycles. The lowest BCUT2D eigenvalue weighted by Gasteiger charge is -2.35. The summed E-state index contributed by atoms with van der Waals surface area (Å²) in [6.07, 6.45) is 3.21. The number of carbonyl (C=O) groups excluding carboxylic acids is 1. The van der Waals surface area contributed by atoms with Crippen LogP contribution in [0.3, 0.4) is 0 Å². The molecule has 1 aromatic heterocycles. The third kappa shape index (κ3) is 5.31. The first kappa shape index (κ1) is 23.6. The van der Waals surface area contributed by atoms with Crippen molar-refractivity contribution < 1.29 is 14.3 Å². The zero-order valence-electron chi connectivity index (χ0n) is 20.3. The van der Waals surface area contributed by atoms with Gasteiger partial charge in [-0.05, 0) is 67.6 Å². The lowest BCUT2D eigenvalue weighted by Crippen LogP contribution is -2.46. The van der Waals surface area contributed by atoms with Crippen molar-refractivity contribution in [2.75, 3.05) is 57.2 Å². The van der Waals surface area contributed by atoms with E-state index in [0.717, 1.165) is 66.3 Å². The first-order valence-electron chi connectivity index (χ1n) is 11.6. The Morgan fingerprint density at radius 2 is 1.85 bits per heavy atom. The van der Waals surface area contributed by atoms with Gasteiger partial charge in [-0.1, -0.05) is 6.92 Å². The Labute approximate surface area is 201 Å².